The lowest BCUT2D eigenvalue weighted by molar-refractivity contribution is -0.155. The normalized spacial score (nSPS) is 21.1. The number of morpholine rings is 1. The van der Waals surface area contributed by atoms with Crippen LogP contribution in [0.4, 0.5) is 4.79 Å². The molecule has 0 spiro atoms. The van der Waals surface area contributed by atoms with Gasteiger partial charge in [-0.05, 0) is 81.4 Å². The zero-order chi connectivity index (χ0) is 49.3. The summed E-state index contributed by atoms with van der Waals surface area (Å²) in [7, 11) is 3.28. The number of hydrazine groups is 1. The van der Waals surface area contributed by atoms with E-state index in [0.717, 1.165) is 44.7 Å². The number of cyclic esters (lactones) is 1. The third-order valence-corrected chi connectivity index (χ3v) is 15.0. The van der Waals surface area contributed by atoms with Gasteiger partial charge in [0.15, 0.2) is 0 Å². The molecule has 5 amide bonds. The summed E-state index contributed by atoms with van der Waals surface area (Å²) in [5, 5.41) is 8.11. The number of likely N-dealkylation sites (N-methyl/N-ethyl adjacent to an activating group) is 1. The summed E-state index contributed by atoms with van der Waals surface area (Å²) < 4.78 is 20.2. The van der Waals surface area contributed by atoms with Crippen molar-refractivity contribution >= 4 is 133 Å². The lowest BCUT2D eigenvalue weighted by atomic mass is 9.84. The molecule has 3 fully saturated rings. The number of urea groups is 1. The number of carbonyl (C=O) groups excluding carboxylic acids is 5. The van der Waals surface area contributed by atoms with Crippen LogP contribution in [0.15, 0.2) is 54.6 Å². The number of thiazole rings is 1. The summed E-state index contributed by atoms with van der Waals surface area (Å²) in [4.78, 5) is 85.1. The van der Waals surface area contributed by atoms with Crippen LogP contribution >= 0.6 is 92.3 Å². The van der Waals surface area contributed by atoms with Crippen molar-refractivity contribution in [1.82, 2.24) is 45.0 Å². The number of amides is 5. The third kappa shape index (κ3) is 14.4. The number of aryl methyl sites for hydroxylation is 1. The van der Waals surface area contributed by atoms with Gasteiger partial charge in [0.2, 0.25) is 11.8 Å². The number of hydrogen-bond donors (Lipinski definition) is 2. The molecule has 8 rings (SSSR count). The maximum Gasteiger partial charge on any atom is 0.324 e. The van der Waals surface area contributed by atoms with E-state index in [1.807, 2.05) is 32.2 Å². The number of benzene rings is 1. The van der Waals surface area contributed by atoms with Crippen molar-refractivity contribution in [1.29, 1.82) is 0 Å². The van der Waals surface area contributed by atoms with Crippen LogP contribution in [-0.4, -0.2) is 148 Å². The monoisotopic (exact) mass is 1170 g/mol. The molecule has 4 aromatic rings. The standard InChI is InChI=1S/C51H67N9O8S.6H2S/c1-10-43(61)59-22-23-67-41-18-21-57(27-40(41)59)50(65)56(8)45(30(3)4)47(62)54-37-25-42-53-38(28-69-42)32-16-17-39-34(24-32)35(46(58(39)11-2)33-14-12-19-52-44(33)31(5)66-9)26-51(6,7)29-68-49(64)36-15-13-20-60(55-36)48(37)63;;;;;;/h10,12,14,16-17,19,24,28,30-31,36-37,40-41,45,55H,1,11,13,15,18,20-23,25-27,29H2,2-9H3,(H,54,62);6*1H2/t31-,36-,37-,40-,41-,45-;;;;;;/m0....../s1. The number of ether oxygens (including phenoxy) is 3. The number of hydrogen-bond acceptors (Lipinski definition) is 12. The number of methoxy groups -OCH3 is 1. The Balaban J connectivity index is 0.00000321. The number of carbonyl (C=O) groups is 5. The molecule has 24 heteroatoms. The first-order chi connectivity index (χ1) is 33.0. The van der Waals surface area contributed by atoms with Crippen molar-refractivity contribution in [3.8, 4) is 22.5 Å². The van der Waals surface area contributed by atoms with Crippen LogP contribution in [0.3, 0.4) is 0 Å². The topological polar surface area (TPSA) is 181 Å². The van der Waals surface area contributed by atoms with Crippen molar-refractivity contribution in [2.24, 2.45) is 11.3 Å². The van der Waals surface area contributed by atoms with Crippen LogP contribution in [0, 0.1) is 11.3 Å². The van der Waals surface area contributed by atoms with Crippen LogP contribution < -0.4 is 10.7 Å². The average molecular weight is 1170 g/mol. The minimum absolute atomic E-state index is 0. The maximum atomic E-state index is 14.7. The summed E-state index contributed by atoms with van der Waals surface area (Å²) in [6.45, 7) is 18.3. The molecule has 3 saturated heterocycles. The van der Waals surface area contributed by atoms with Crippen LogP contribution in [0.1, 0.15) is 83.2 Å². The number of pyridine rings is 1. The first-order valence-corrected chi connectivity index (χ1v) is 25.1. The van der Waals surface area contributed by atoms with Gasteiger partial charge in [0.25, 0.3) is 5.91 Å². The van der Waals surface area contributed by atoms with Crippen molar-refractivity contribution in [2.45, 2.75) is 117 Å². The minimum Gasteiger partial charge on any atom is -0.464 e. The van der Waals surface area contributed by atoms with Gasteiger partial charge in [0.1, 0.15) is 18.1 Å². The van der Waals surface area contributed by atoms with Crippen LogP contribution in [0.25, 0.3) is 33.4 Å². The van der Waals surface area contributed by atoms with E-state index in [-0.39, 0.29) is 137 Å². The molecular formula is C51H79N9O8S7. The number of piperidine rings is 1. The van der Waals surface area contributed by atoms with Gasteiger partial charge in [-0.25, -0.2) is 15.2 Å². The van der Waals surface area contributed by atoms with Gasteiger partial charge >= 0.3 is 12.0 Å². The van der Waals surface area contributed by atoms with E-state index in [9.17, 15) is 24.0 Å². The second-order valence-corrected chi connectivity index (χ2v) is 20.7. The number of rotatable bonds is 9. The Morgan fingerprint density at radius 1 is 1.05 bits per heavy atom. The number of aromatic nitrogens is 3. The molecule has 6 bridgehead atoms. The predicted octanol–water partition coefficient (Wildman–Crippen LogP) is 6.44. The second kappa shape index (κ2) is 28.9. The Morgan fingerprint density at radius 3 is 2.47 bits per heavy atom. The lowest BCUT2D eigenvalue weighted by Crippen LogP contribution is -2.65. The fraction of sp³-hybridized carbons (Fsp3) is 0.549. The second-order valence-electron chi connectivity index (χ2n) is 19.8. The fourth-order valence-corrected chi connectivity index (χ4v) is 11.4. The van der Waals surface area contributed by atoms with Crippen molar-refractivity contribution in [3.05, 3.63) is 70.8 Å². The number of nitrogens with zero attached hydrogens (tertiary/aromatic N) is 7. The molecule has 2 N–H and O–H groups in total. The number of esters is 1. The van der Waals surface area contributed by atoms with Gasteiger partial charge in [-0.3, -0.25) is 29.2 Å². The van der Waals surface area contributed by atoms with Gasteiger partial charge in [0, 0.05) is 92.3 Å². The zero-order valence-electron chi connectivity index (χ0n) is 44.2. The van der Waals surface area contributed by atoms with E-state index >= 15 is 0 Å². The van der Waals surface area contributed by atoms with E-state index in [2.05, 4.69) is 66.9 Å². The Bertz CT molecular complexity index is 2620. The quantitative estimate of drug-likeness (QED) is 0.139. The summed E-state index contributed by atoms with van der Waals surface area (Å²) in [5.74, 6) is -1.96. The van der Waals surface area contributed by atoms with Crippen molar-refractivity contribution < 1.29 is 38.2 Å². The molecule has 418 valence electrons. The summed E-state index contributed by atoms with van der Waals surface area (Å²) in [5.41, 5.74) is 9.23. The summed E-state index contributed by atoms with van der Waals surface area (Å²) >= 11 is 1.40. The van der Waals surface area contributed by atoms with Gasteiger partial charge in [-0.15, -0.1) is 11.3 Å². The average Bonchev–Trinajstić information content (AvgIpc) is 3.95. The number of nitrogens with one attached hydrogen (secondary N) is 2. The first-order valence-electron chi connectivity index (χ1n) is 24.2. The first kappa shape index (κ1) is 67.5. The molecule has 6 atom stereocenters. The predicted molar refractivity (Wildman–Crippen MR) is 325 cm³/mol. The van der Waals surface area contributed by atoms with Gasteiger partial charge in [-0.2, -0.15) is 81.0 Å². The molecule has 3 aromatic heterocycles. The lowest BCUT2D eigenvalue weighted by Gasteiger charge is -2.47. The Labute approximate surface area is 487 Å². The molecule has 0 saturated carbocycles. The largest absolute Gasteiger partial charge is 0.464 e. The van der Waals surface area contributed by atoms with Crippen molar-refractivity contribution in [2.75, 3.05) is 53.6 Å². The third-order valence-electron chi connectivity index (χ3n) is 14.1. The highest BCUT2D eigenvalue weighted by Gasteiger charge is 2.43. The van der Waals surface area contributed by atoms with Gasteiger partial charge in [-0.1, -0.05) is 40.3 Å². The van der Waals surface area contributed by atoms with Gasteiger partial charge in [0.05, 0.1) is 53.6 Å². The Hall–Kier alpha value is -3.59. The minimum atomic E-state index is -1.10. The highest BCUT2D eigenvalue weighted by atomic mass is 32.1. The fourth-order valence-electron chi connectivity index (χ4n) is 10.5. The molecule has 75 heavy (non-hydrogen) atoms. The molecular weight excluding hydrogens is 1090 g/mol. The number of likely N-dealkylation sites (tertiary alicyclic amines) is 1. The van der Waals surface area contributed by atoms with E-state index in [1.54, 1.807) is 30.2 Å². The highest BCUT2D eigenvalue weighted by Crippen LogP contribution is 2.42. The summed E-state index contributed by atoms with van der Waals surface area (Å²) in [6.07, 6.45) is 4.76. The molecule has 7 heterocycles. The molecule has 1 aromatic carbocycles. The van der Waals surface area contributed by atoms with E-state index in [0.29, 0.717) is 63.5 Å². The zero-order valence-corrected chi connectivity index (χ0v) is 51.0. The SMILES string of the molecule is C=CC(=O)N1CCO[C@H]2CCN(C(=O)N(C)[C@H](C(=O)N[C@H]3Cc4nc(cs4)-c4ccc5c(c4)c(c(-c4cccnc4[C@H](C)OC)n5CC)CC(C)(C)COC(=O)[C@@H]4CCCN(N4)C3=O)C(C)C)C[C@@H]21.S.S.S.S.S.S. The maximum absolute atomic E-state index is 14.7. The van der Waals surface area contributed by atoms with Gasteiger partial charge < -0.3 is 38.8 Å². The molecule has 17 nitrogen and oxygen atoms in total. The van der Waals surface area contributed by atoms with E-state index in [1.165, 1.54) is 27.3 Å². The van der Waals surface area contributed by atoms with Crippen LogP contribution in [0.2, 0.25) is 0 Å². The molecule has 0 aliphatic carbocycles. The van der Waals surface area contributed by atoms with Crippen LogP contribution in [-0.2, 0) is 52.8 Å². The molecule has 0 radical (unpaired) electrons. The Morgan fingerprint density at radius 2 is 1.79 bits per heavy atom. The van der Waals surface area contributed by atoms with E-state index < -0.39 is 41.3 Å². The molecule has 4 aliphatic rings. The number of fused-ring (bicyclic) bond motifs is 7. The van der Waals surface area contributed by atoms with Crippen molar-refractivity contribution in [3.63, 3.8) is 0 Å². The summed E-state index contributed by atoms with van der Waals surface area (Å²) in [6, 6.07) is 6.83. The molecule has 0 unspecified atom stereocenters. The Kier molecular flexibility index (Phi) is 26.0. The van der Waals surface area contributed by atoms with Crippen LogP contribution in [0.5, 0.6) is 0 Å². The smallest absolute Gasteiger partial charge is 0.324 e. The van der Waals surface area contributed by atoms with E-state index in [4.69, 9.17) is 24.2 Å². The molecule has 4 aliphatic heterocycles. The highest BCUT2D eigenvalue weighted by molar-refractivity contribution is 7.60.